The monoisotopic (exact) mass is 218 g/mol. The highest BCUT2D eigenvalue weighted by atomic mass is 32.2. The van der Waals surface area contributed by atoms with Gasteiger partial charge in [-0.2, -0.15) is 11.8 Å². The van der Waals surface area contributed by atoms with Gasteiger partial charge < -0.3 is 4.74 Å². The molecule has 82 valence electrons. The topological polar surface area (TPSA) is 43.4 Å². The molecule has 4 heteroatoms. The fraction of sp³-hybridized carbons (Fsp3) is 0.800. The van der Waals surface area contributed by atoms with E-state index in [2.05, 4.69) is 4.74 Å². The molecule has 0 aliphatic carbocycles. The lowest BCUT2D eigenvalue weighted by atomic mass is 10.0. The third kappa shape index (κ3) is 4.65. The van der Waals surface area contributed by atoms with Gasteiger partial charge in [-0.3, -0.25) is 9.59 Å². The Morgan fingerprint density at radius 2 is 1.93 bits per heavy atom. The molecule has 0 aromatic heterocycles. The van der Waals surface area contributed by atoms with E-state index in [1.807, 2.05) is 20.8 Å². The zero-order valence-electron chi connectivity index (χ0n) is 9.20. The van der Waals surface area contributed by atoms with Gasteiger partial charge in [0.25, 0.3) is 0 Å². The molecule has 0 aliphatic heterocycles. The largest absolute Gasteiger partial charge is 0.468 e. The number of ether oxygens (including phenoxy) is 1. The van der Waals surface area contributed by atoms with Crippen molar-refractivity contribution in [3.8, 4) is 0 Å². The van der Waals surface area contributed by atoms with Crippen molar-refractivity contribution in [3.63, 3.8) is 0 Å². The van der Waals surface area contributed by atoms with Crippen LogP contribution in [0.1, 0.15) is 27.2 Å². The molecule has 0 aliphatic rings. The molecular weight excluding hydrogens is 200 g/mol. The van der Waals surface area contributed by atoms with E-state index in [4.69, 9.17) is 0 Å². The van der Waals surface area contributed by atoms with Crippen molar-refractivity contribution in [1.29, 1.82) is 0 Å². The smallest absolute Gasteiger partial charge is 0.316 e. The molecule has 0 radical (unpaired) electrons. The highest BCUT2D eigenvalue weighted by molar-refractivity contribution is 8.00. The lowest BCUT2D eigenvalue weighted by Gasteiger charge is -2.11. The molecular formula is C10H18O3S. The van der Waals surface area contributed by atoms with Crippen molar-refractivity contribution < 1.29 is 14.3 Å². The van der Waals surface area contributed by atoms with Gasteiger partial charge in [0, 0.05) is 0 Å². The third-order valence-corrected chi connectivity index (χ3v) is 2.96. The molecule has 0 heterocycles. The molecule has 1 unspecified atom stereocenters. The van der Waals surface area contributed by atoms with Crippen LogP contribution in [0.5, 0.6) is 0 Å². The third-order valence-electron chi connectivity index (χ3n) is 1.84. The van der Waals surface area contributed by atoms with Crippen LogP contribution >= 0.6 is 11.8 Å². The van der Waals surface area contributed by atoms with E-state index in [0.29, 0.717) is 17.4 Å². The Morgan fingerprint density at radius 3 is 2.29 bits per heavy atom. The van der Waals surface area contributed by atoms with Crippen molar-refractivity contribution in [1.82, 2.24) is 0 Å². The summed E-state index contributed by atoms with van der Waals surface area (Å²) in [7, 11) is 1.31. The molecule has 0 rings (SSSR count). The summed E-state index contributed by atoms with van der Waals surface area (Å²) in [5.74, 6) is -0.628. The van der Waals surface area contributed by atoms with E-state index in [1.165, 1.54) is 7.11 Å². The van der Waals surface area contributed by atoms with Gasteiger partial charge in [-0.25, -0.2) is 0 Å². The maximum atomic E-state index is 11.6. The summed E-state index contributed by atoms with van der Waals surface area (Å²) in [4.78, 5) is 22.7. The minimum absolute atomic E-state index is 0.0296. The van der Waals surface area contributed by atoms with E-state index in [1.54, 1.807) is 11.8 Å². The highest BCUT2D eigenvalue weighted by Crippen LogP contribution is 2.14. The minimum Gasteiger partial charge on any atom is -0.468 e. The molecule has 0 bridgehead atoms. The Hall–Kier alpha value is -0.510. The zero-order valence-corrected chi connectivity index (χ0v) is 10.0. The summed E-state index contributed by atoms with van der Waals surface area (Å²) in [6.45, 7) is 5.87. The molecule has 0 aromatic carbocycles. The molecule has 0 amide bonds. The molecule has 14 heavy (non-hydrogen) atoms. The fourth-order valence-corrected chi connectivity index (χ4v) is 1.72. The van der Waals surface area contributed by atoms with Crippen LogP contribution in [-0.4, -0.2) is 29.9 Å². The van der Waals surface area contributed by atoms with Crippen molar-refractivity contribution >= 4 is 23.5 Å². The number of Topliss-reactive ketones (excluding diaryl/α,β-unsaturated/α-hetero) is 1. The number of hydrogen-bond donors (Lipinski definition) is 0. The van der Waals surface area contributed by atoms with Crippen LogP contribution in [-0.2, 0) is 14.3 Å². The van der Waals surface area contributed by atoms with Gasteiger partial charge >= 0.3 is 5.97 Å². The fourth-order valence-electron chi connectivity index (χ4n) is 1.02. The van der Waals surface area contributed by atoms with Crippen LogP contribution in [0, 0.1) is 5.92 Å². The van der Waals surface area contributed by atoms with Gasteiger partial charge in [0.2, 0.25) is 0 Å². The summed E-state index contributed by atoms with van der Waals surface area (Å²) in [6, 6.07) is 0. The average Bonchev–Trinajstić information content (AvgIpc) is 2.15. The Balaban J connectivity index is 4.11. The predicted octanol–water partition coefficient (Wildman–Crippen LogP) is 1.90. The minimum atomic E-state index is -0.578. The first-order valence-corrected chi connectivity index (χ1v) is 5.79. The number of methoxy groups -OCH3 is 1. The van der Waals surface area contributed by atoms with Crippen LogP contribution < -0.4 is 0 Å². The standard InChI is InChI=1S/C10H18O3S/c1-5-8(10(12)13-4)9(11)6-14-7(2)3/h7-8H,5-6H2,1-4H3. The lowest BCUT2D eigenvalue weighted by Crippen LogP contribution is -2.26. The van der Waals surface area contributed by atoms with Crippen molar-refractivity contribution in [2.24, 2.45) is 5.92 Å². The highest BCUT2D eigenvalue weighted by Gasteiger charge is 2.25. The first-order chi connectivity index (χ1) is 6.52. The SMILES string of the molecule is CCC(C(=O)CSC(C)C)C(=O)OC. The van der Waals surface area contributed by atoms with E-state index >= 15 is 0 Å². The van der Waals surface area contributed by atoms with Crippen LogP contribution in [0.4, 0.5) is 0 Å². The first-order valence-electron chi connectivity index (χ1n) is 4.75. The van der Waals surface area contributed by atoms with E-state index < -0.39 is 11.9 Å². The van der Waals surface area contributed by atoms with Crippen molar-refractivity contribution in [2.75, 3.05) is 12.9 Å². The number of esters is 1. The number of thioether (sulfide) groups is 1. The maximum Gasteiger partial charge on any atom is 0.316 e. The second kappa shape index (κ2) is 6.87. The Kier molecular flexibility index (Phi) is 6.62. The van der Waals surface area contributed by atoms with E-state index in [-0.39, 0.29) is 5.78 Å². The van der Waals surface area contributed by atoms with E-state index in [9.17, 15) is 9.59 Å². The van der Waals surface area contributed by atoms with Crippen molar-refractivity contribution in [3.05, 3.63) is 0 Å². The Bertz CT molecular complexity index is 202. The van der Waals surface area contributed by atoms with Gasteiger partial charge in [-0.15, -0.1) is 0 Å². The van der Waals surface area contributed by atoms with Gasteiger partial charge in [0.1, 0.15) is 5.92 Å². The van der Waals surface area contributed by atoms with Gasteiger partial charge in [-0.05, 0) is 11.7 Å². The summed E-state index contributed by atoms with van der Waals surface area (Å²) in [5, 5.41) is 0.411. The van der Waals surface area contributed by atoms with Crippen LogP contribution in [0.15, 0.2) is 0 Å². The Morgan fingerprint density at radius 1 is 1.36 bits per heavy atom. The zero-order chi connectivity index (χ0) is 11.1. The summed E-state index contributed by atoms with van der Waals surface area (Å²) in [5.41, 5.74) is 0. The van der Waals surface area contributed by atoms with Gasteiger partial charge in [0.15, 0.2) is 5.78 Å². The summed E-state index contributed by atoms with van der Waals surface area (Å²) < 4.78 is 4.56. The molecule has 0 saturated carbocycles. The lowest BCUT2D eigenvalue weighted by molar-refractivity contribution is -0.148. The van der Waals surface area contributed by atoms with Crippen molar-refractivity contribution in [2.45, 2.75) is 32.4 Å². The molecule has 0 saturated heterocycles. The first kappa shape index (κ1) is 13.5. The summed E-state index contributed by atoms with van der Waals surface area (Å²) >= 11 is 1.55. The second-order valence-electron chi connectivity index (χ2n) is 3.31. The van der Waals surface area contributed by atoms with E-state index in [0.717, 1.165) is 0 Å². The second-order valence-corrected chi connectivity index (χ2v) is 4.87. The average molecular weight is 218 g/mol. The number of carbonyl (C=O) groups is 2. The molecule has 1 atom stereocenters. The maximum absolute atomic E-state index is 11.6. The Labute approximate surface area is 89.6 Å². The molecule has 0 spiro atoms. The van der Waals surface area contributed by atoms with Gasteiger partial charge in [-0.1, -0.05) is 20.8 Å². The van der Waals surface area contributed by atoms with Crippen LogP contribution in [0.25, 0.3) is 0 Å². The molecule has 3 nitrogen and oxygen atoms in total. The van der Waals surface area contributed by atoms with Crippen LogP contribution in [0.2, 0.25) is 0 Å². The number of rotatable bonds is 6. The number of hydrogen-bond acceptors (Lipinski definition) is 4. The number of ketones is 1. The predicted molar refractivity (Wildman–Crippen MR) is 58.4 cm³/mol. The molecule has 0 fully saturated rings. The summed E-state index contributed by atoms with van der Waals surface area (Å²) in [6.07, 6.45) is 0.518. The van der Waals surface area contributed by atoms with Gasteiger partial charge in [0.05, 0.1) is 12.9 Å². The quantitative estimate of drug-likeness (QED) is 0.504. The number of carbonyl (C=O) groups excluding carboxylic acids is 2. The normalized spacial score (nSPS) is 12.6. The molecule has 0 N–H and O–H groups in total. The molecule has 0 aromatic rings. The van der Waals surface area contributed by atoms with Crippen LogP contribution in [0.3, 0.4) is 0 Å².